The Bertz CT molecular complexity index is 388. The maximum absolute atomic E-state index is 11.9. The van der Waals surface area contributed by atoms with Crippen molar-refractivity contribution in [2.45, 2.75) is 25.7 Å². The highest BCUT2D eigenvalue weighted by molar-refractivity contribution is 5.83. The molecule has 2 aliphatic carbocycles. The minimum absolute atomic E-state index is 0.316. The summed E-state index contributed by atoms with van der Waals surface area (Å²) in [5, 5.41) is 8.11. The van der Waals surface area contributed by atoms with Crippen molar-refractivity contribution in [1.82, 2.24) is 15.0 Å². The first-order chi connectivity index (χ1) is 7.22. The van der Waals surface area contributed by atoms with Gasteiger partial charge in [0.2, 0.25) is 0 Å². The van der Waals surface area contributed by atoms with E-state index in [2.05, 4.69) is 10.2 Å². The van der Waals surface area contributed by atoms with Crippen LogP contribution in [0.3, 0.4) is 0 Å². The van der Waals surface area contributed by atoms with Crippen LogP contribution in [0, 0.1) is 17.8 Å². The maximum atomic E-state index is 11.9. The Morgan fingerprint density at radius 1 is 1.47 bits per heavy atom. The summed E-state index contributed by atoms with van der Waals surface area (Å²) in [5.74, 6) is 2.43. The van der Waals surface area contributed by atoms with Crippen LogP contribution in [-0.4, -0.2) is 20.8 Å². The second kappa shape index (κ2) is 3.15. The number of fused-ring (bicyclic) bond motifs is 1. The Hall–Kier alpha value is -1.19. The number of aryl methyl sites for hydroxylation is 1. The molecule has 2 saturated carbocycles. The monoisotopic (exact) mass is 205 g/mol. The van der Waals surface area contributed by atoms with Gasteiger partial charge in [0.25, 0.3) is 0 Å². The van der Waals surface area contributed by atoms with Gasteiger partial charge in [0.15, 0.2) is 0 Å². The summed E-state index contributed by atoms with van der Waals surface area (Å²) in [5.41, 5.74) is 0.808. The lowest BCUT2D eigenvalue weighted by Gasteiger charge is -2.08. The summed E-state index contributed by atoms with van der Waals surface area (Å²) in [7, 11) is 1.78. The highest BCUT2D eigenvalue weighted by Crippen LogP contribution is 2.54. The predicted octanol–water partition coefficient (Wildman–Crippen LogP) is 0.973. The second-order valence-corrected chi connectivity index (χ2v) is 4.89. The van der Waals surface area contributed by atoms with Gasteiger partial charge in [0.1, 0.15) is 5.78 Å². The summed E-state index contributed by atoms with van der Waals surface area (Å²) in [4.78, 5) is 13.4. The lowest BCUT2D eigenvalue weighted by atomic mass is 9.95. The van der Waals surface area contributed by atoms with E-state index in [-0.39, 0.29) is 0 Å². The second-order valence-electron chi connectivity index (χ2n) is 4.89. The van der Waals surface area contributed by atoms with E-state index in [1.165, 1.54) is 11.2 Å². The third-order valence-corrected chi connectivity index (χ3v) is 3.70. The van der Waals surface area contributed by atoms with Crippen LogP contribution in [0.1, 0.15) is 25.0 Å². The fourth-order valence-electron chi connectivity index (χ4n) is 2.77. The van der Waals surface area contributed by atoms with Crippen LogP contribution in [0.5, 0.6) is 0 Å². The smallest absolute Gasteiger partial charge is 0.142 e. The average Bonchev–Trinajstić information content (AvgIpc) is 2.61. The van der Waals surface area contributed by atoms with Gasteiger partial charge in [-0.05, 0) is 31.1 Å². The molecule has 3 rings (SSSR count). The largest absolute Gasteiger partial charge is 0.299 e. The summed E-state index contributed by atoms with van der Waals surface area (Å²) < 4.78 is 0. The average molecular weight is 205 g/mol. The number of hydrogen-bond acceptors (Lipinski definition) is 3. The van der Waals surface area contributed by atoms with E-state index in [1.54, 1.807) is 13.2 Å². The minimum Gasteiger partial charge on any atom is -0.299 e. The predicted molar refractivity (Wildman–Crippen MR) is 54.0 cm³/mol. The number of rotatable bonds is 3. The number of aromatic nitrogens is 3. The molecule has 0 amide bonds. The van der Waals surface area contributed by atoms with Crippen molar-refractivity contribution >= 4 is 5.78 Å². The van der Waals surface area contributed by atoms with Crippen molar-refractivity contribution in [3.8, 4) is 0 Å². The number of Topliss-reactive ketones (excluding diaryl/α,β-unsaturated/α-hetero) is 1. The van der Waals surface area contributed by atoms with Crippen molar-refractivity contribution in [3.63, 3.8) is 0 Å². The highest BCUT2D eigenvalue weighted by Gasteiger charge is 2.47. The quantitative estimate of drug-likeness (QED) is 0.738. The molecule has 2 atom stereocenters. The van der Waals surface area contributed by atoms with Gasteiger partial charge in [0, 0.05) is 13.0 Å². The molecule has 2 fully saturated rings. The molecule has 1 aromatic rings. The van der Waals surface area contributed by atoms with E-state index in [4.69, 9.17) is 0 Å². The van der Waals surface area contributed by atoms with E-state index < -0.39 is 0 Å². The fraction of sp³-hybridized carbons (Fsp3) is 0.727. The van der Waals surface area contributed by atoms with E-state index in [0.29, 0.717) is 18.1 Å². The van der Waals surface area contributed by atoms with Crippen LogP contribution in [0.15, 0.2) is 6.20 Å². The zero-order chi connectivity index (χ0) is 10.4. The first-order valence-electron chi connectivity index (χ1n) is 5.60. The molecule has 80 valence electrons. The molecule has 0 N–H and O–H groups in total. The summed E-state index contributed by atoms with van der Waals surface area (Å²) in [6.45, 7) is 0. The molecule has 0 aliphatic heterocycles. The van der Waals surface area contributed by atoms with Crippen LogP contribution in [0.2, 0.25) is 0 Å². The van der Waals surface area contributed by atoms with Gasteiger partial charge in [-0.1, -0.05) is 0 Å². The molecule has 0 spiro atoms. The number of carbonyl (C=O) groups is 1. The van der Waals surface area contributed by atoms with Crippen molar-refractivity contribution in [2.75, 3.05) is 0 Å². The molecular weight excluding hydrogens is 190 g/mol. The lowest BCUT2D eigenvalue weighted by molar-refractivity contribution is -0.122. The van der Waals surface area contributed by atoms with Crippen LogP contribution in [0.25, 0.3) is 0 Å². The van der Waals surface area contributed by atoms with Gasteiger partial charge in [-0.3, -0.25) is 4.79 Å². The number of carbonyl (C=O) groups excluding carboxylic acids is 1. The van der Waals surface area contributed by atoms with Crippen LogP contribution in [0.4, 0.5) is 0 Å². The molecule has 4 heteroatoms. The molecule has 1 heterocycles. The molecule has 0 bridgehead atoms. The van der Waals surface area contributed by atoms with Crippen molar-refractivity contribution in [2.24, 2.45) is 24.8 Å². The van der Waals surface area contributed by atoms with Gasteiger partial charge in [-0.2, -0.15) is 15.0 Å². The molecule has 1 aromatic heterocycles. The van der Waals surface area contributed by atoms with E-state index >= 15 is 0 Å². The number of hydrogen-bond donors (Lipinski definition) is 0. The van der Waals surface area contributed by atoms with Gasteiger partial charge < -0.3 is 0 Å². The molecule has 2 aliphatic rings. The SMILES string of the molecule is Cn1ncc(CC(=O)C2CC3CC3C2)n1. The van der Waals surface area contributed by atoms with E-state index in [1.807, 2.05) is 0 Å². The molecule has 2 unspecified atom stereocenters. The van der Waals surface area contributed by atoms with Gasteiger partial charge >= 0.3 is 0 Å². The van der Waals surface area contributed by atoms with E-state index in [9.17, 15) is 4.79 Å². The normalized spacial score (nSPS) is 32.7. The molecule has 0 radical (unpaired) electrons. The topological polar surface area (TPSA) is 47.8 Å². The minimum atomic E-state index is 0.316. The number of ketones is 1. The lowest BCUT2D eigenvalue weighted by Crippen LogP contribution is -2.15. The van der Waals surface area contributed by atoms with Crippen molar-refractivity contribution in [3.05, 3.63) is 11.9 Å². The van der Waals surface area contributed by atoms with Gasteiger partial charge in [-0.25, -0.2) is 0 Å². The summed E-state index contributed by atoms with van der Waals surface area (Å²) in [6, 6.07) is 0. The number of nitrogens with zero attached hydrogens (tertiary/aromatic N) is 3. The highest BCUT2D eigenvalue weighted by atomic mass is 16.1. The first-order valence-corrected chi connectivity index (χ1v) is 5.60. The summed E-state index contributed by atoms with van der Waals surface area (Å²) in [6.07, 6.45) is 5.79. The third kappa shape index (κ3) is 1.68. The van der Waals surface area contributed by atoms with Crippen LogP contribution in [-0.2, 0) is 18.3 Å². The Kier molecular flexibility index (Phi) is 1.90. The van der Waals surface area contributed by atoms with Crippen LogP contribution < -0.4 is 0 Å². The fourth-order valence-corrected chi connectivity index (χ4v) is 2.77. The molecular formula is C11H15N3O. The van der Waals surface area contributed by atoms with Gasteiger partial charge in [0.05, 0.1) is 18.3 Å². The Labute approximate surface area is 88.7 Å². The van der Waals surface area contributed by atoms with Crippen LogP contribution >= 0.6 is 0 Å². The standard InChI is InChI=1S/C11H15N3O/c1-14-12-6-10(13-14)5-11(15)9-3-7-2-8(7)4-9/h6-9H,2-5H2,1H3. The zero-order valence-electron chi connectivity index (χ0n) is 8.89. The van der Waals surface area contributed by atoms with Crippen molar-refractivity contribution in [1.29, 1.82) is 0 Å². The maximum Gasteiger partial charge on any atom is 0.142 e. The van der Waals surface area contributed by atoms with Gasteiger partial charge in [-0.15, -0.1) is 0 Å². The molecule has 0 saturated heterocycles. The Morgan fingerprint density at radius 2 is 2.20 bits per heavy atom. The first kappa shape index (κ1) is 9.07. The van der Waals surface area contributed by atoms with E-state index in [0.717, 1.165) is 30.4 Å². The van der Waals surface area contributed by atoms with Crippen molar-refractivity contribution < 1.29 is 4.79 Å². The Morgan fingerprint density at radius 3 is 2.80 bits per heavy atom. The molecule has 4 nitrogen and oxygen atoms in total. The zero-order valence-corrected chi connectivity index (χ0v) is 8.89. The molecule has 0 aromatic carbocycles. The Balaban J connectivity index is 1.61. The summed E-state index contributed by atoms with van der Waals surface area (Å²) >= 11 is 0. The molecule has 15 heavy (non-hydrogen) atoms. The third-order valence-electron chi connectivity index (χ3n) is 3.70.